The maximum absolute atomic E-state index is 11.7. The summed E-state index contributed by atoms with van der Waals surface area (Å²) < 4.78 is 1.76. The molecule has 2 aromatic rings. The number of nitrogens with zero attached hydrogens (tertiary/aromatic N) is 2. The van der Waals surface area contributed by atoms with Crippen molar-refractivity contribution < 1.29 is 9.90 Å². The zero-order valence-corrected chi connectivity index (χ0v) is 10.4. The van der Waals surface area contributed by atoms with Crippen LogP contribution in [0, 0.1) is 0 Å². The Morgan fingerprint density at radius 3 is 2.94 bits per heavy atom. The van der Waals surface area contributed by atoms with Gasteiger partial charge in [-0.3, -0.25) is 9.89 Å². The van der Waals surface area contributed by atoms with Crippen LogP contribution >= 0.6 is 27.7 Å². The average molecular weight is 304 g/mol. The van der Waals surface area contributed by atoms with E-state index in [1.54, 1.807) is 0 Å². The molecule has 0 fully saturated rings. The molecule has 2 aromatic heterocycles. The third-order valence-electron chi connectivity index (χ3n) is 2.00. The van der Waals surface area contributed by atoms with E-state index in [9.17, 15) is 9.59 Å². The highest BCUT2D eigenvalue weighted by Crippen LogP contribution is 2.26. The number of aromatic nitrogens is 3. The zero-order chi connectivity index (χ0) is 11.9. The van der Waals surface area contributed by atoms with Crippen molar-refractivity contribution in [3.05, 3.63) is 26.6 Å². The quantitative estimate of drug-likeness (QED) is 0.814. The van der Waals surface area contributed by atoms with Crippen LogP contribution < -0.4 is 5.56 Å². The zero-order valence-electron chi connectivity index (χ0n) is 8.02. The van der Waals surface area contributed by atoms with Crippen LogP contribution in [0.4, 0.5) is 0 Å². The third kappa shape index (κ3) is 1.54. The van der Waals surface area contributed by atoms with Gasteiger partial charge in [0.2, 0.25) is 0 Å². The van der Waals surface area contributed by atoms with Gasteiger partial charge >= 0.3 is 5.97 Å². The van der Waals surface area contributed by atoms with E-state index in [1.807, 2.05) is 6.26 Å². The molecule has 0 spiro atoms. The molecule has 0 saturated carbocycles. The molecule has 0 radical (unpaired) electrons. The van der Waals surface area contributed by atoms with E-state index in [0.29, 0.717) is 15.1 Å². The predicted octanol–water partition coefficient (Wildman–Crippen LogP) is 1.21. The van der Waals surface area contributed by atoms with Gasteiger partial charge in [-0.1, -0.05) is 0 Å². The highest BCUT2D eigenvalue weighted by Gasteiger charge is 2.16. The number of fused-ring (bicyclic) bond motifs is 1. The summed E-state index contributed by atoms with van der Waals surface area (Å²) in [5, 5.41) is 12.3. The minimum Gasteiger partial charge on any atom is -0.477 e. The van der Waals surface area contributed by atoms with Gasteiger partial charge in [0.25, 0.3) is 5.56 Å². The summed E-state index contributed by atoms with van der Waals surface area (Å²) in [6.45, 7) is 0. The molecule has 2 N–H and O–H groups in total. The van der Waals surface area contributed by atoms with Gasteiger partial charge < -0.3 is 5.11 Å². The minimum absolute atomic E-state index is 0.362. The lowest BCUT2D eigenvalue weighted by Crippen LogP contribution is -2.22. The molecule has 0 aromatic carbocycles. The van der Waals surface area contributed by atoms with Crippen LogP contribution in [0.25, 0.3) is 5.65 Å². The van der Waals surface area contributed by atoms with Gasteiger partial charge in [0.15, 0.2) is 5.65 Å². The summed E-state index contributed by atoms with van der Waals surface area (Å²) in [6.07, 6.45) is 2.89. The SMILES string of the molecule is CSc1[nH]n2c(=O)c(C(=O)O)cnc2c1Br. The number of carboxylic acids is 1. The van der Waals surface area contributed by atoms with Crippen LogP contribution in [-0.2, 0) is 0 Å². The van der Waals surface area contributed by atoms with E-state index in [-0.39, 0.29) is 5.56 Å². The van der Waals surface area contributed by atoms with Crippen molar-refractivity contribution in [2.24, 2.45) is 0 Å². The van der Waals surface area contributed by atoms with Gasteiger partial charge in [-0.25, -0.2) is 9.78 Å². The standard InChI is InChI=1S/C8H6BrN3O3S/c1-16-6-4(9)5-10-2-3(8(14)15)7(13)12(5)11-6/h2,11H,1H3,(H,14,15). The molecule has 0 aliphatic carbocycles. The topological polar surface area (TPSA) is 87.5 Å². The number of carbonyl (C=O) groups is 1. The highest BCUT2D eigenvalue weighted by atomic mass is 79.9. The smallest absolute Gasteiger partial charge is 0.343 e. The fraction of sp³-hybridized carbons (Fsp3) is 0.125. The van der Waals surface area contributed by atoms with Crippen molar-refractivity contribution in [1.29, 1.82) is 0 Å². The van der Waals surface area contributed by atoms with E-state index in [1.165, 1.54) is 11.8 Å². The molecule has 0 bridgehead atoms. The minimum atomic E-state index is -1.29. The summed E-state index contributed by atoms with van der Waals surface area (Å²) >= 11 is 4.68. The Labute approximate surface area is 102 Å². The number of hydrogen-bond acceptors (Lipinski definition) is 4. The normalized spacial score (nSPS) is 10.9. The average Bonchev–Trinajstić information content (AvgIpc) is 2.57. The number of hydrogen-bond donors (Lipinski definition) is 2. The first-order chi connectivity index (χ1) is 7.56. The largest absolute Gasteiger partial charge is 0.477 e. The van der Waals surface area contributed by atoms with E-state index >= 15 is 0 Å². The maximum Gasteiger partial charge on any atom is 0.343 e. The molecule has 0 atom stereocenters. The number of nitrogens with one attached hydrogen (secondary N) is 1. The van der Waals surface area contributed by atoms with Crippen LogP contribution in [-0.4, -0.2) is 31.9 Å². The fourth-order valence-electron chi connectivity index (χ4n) is 1.25. The van der Waals surface area contributed by atoms with Gasteiger partial charge in [-0.15, -0.1) is 11.8 Å². The molecule has 0 amide bonds. The lowest BCUT2D eigenvalue weighted by atomic mass is 10.3. The number of halogens is 1. The van der Waals surface area contributed by atoms with Gasteiger partial charge in [0, 0.05) is 6.20 Å². The summed E-state index contributed by atoms with van der Waals surface area (Å²) in [6, 6.07) is 0. The summed E-state index contributed by atoms with van der Waals surface area (Å²) in [5.74, 6) is -1.29. The van der Waals surface area contributed by atoms with Gasteiger partial charge in [-0.2, -0.15) is 4.52 Å². The molecule has 2 rings (SSSR count). The number of rotatable bonds is 2. The van der Waals surface area contributed by atoms with Crippen LogP contribution in [0.5, 0.6) is 0 Å². The number of aromatic carboxylic acids is 1. The summed E-state index contributed by atoms with van der Waals surface area (Å²) in [4.78, 5) is 26.4. The monoisotopic (exact) mass is 303 g/mol. The Balaban J connectivity index is 2.86. The van der Waals surface area contributed by atoms with Crippen molar-refractivity contribution >= 4 is 39.3 Å². The Bertz CT molecular complexity index is 633. The number of aromatic amines is 1. The molecular formula is C8H6BrN3O3S. The molecule has 0 unspecified atom stereocenters. The first-order valence-corrected chi connectivity index (χ1v) is 6.14. The Morgan fingerprint density at radius 1 is 1.69 bits per heavy atom. The predicted molar refractivity (Wildman–Crippen MR) is 62.3 cm³/mol. The number of H-pyrrole nitrogens is 1. The van der Waals surface area contributed by atoms with E-state index in [2.05, 4.69) is 26.0 Å². The van der Waals surface area contributed by atoms with E-state index in [0.717, 1.165) is 10.7 Å². The molecule has 0 saturated heterocycles. The molecule has 6 nitrogen and oxygen atoms in total. The maximum atomic E-state index is 11.7. The van der Waals surface area contributed by atoms with Gasteiger partial charge in [-0.05, 0) is 22.2 Å². The lowest BCUT2D eigenvalue weighted by molar-refractivity contribution is 0.0694. The third-order valence-corrected chi connectivity index (χ3v) is 3.72. The number of thioether (sulfide) groups is 1. The van der Waals surface area contributed by atoms with Crippen molar-refractivity contribution in [2.45, 2.75) is 5.03 Å². The molecular weight excluding hydrogens is 298 g/mol. The first kappa shape index (κ1) is 11.2. The second-order valence-electron chi connectivity index (χ2n) is 2.90. The molecule has 0 aliphatic rings. The highest BCUT2D eigenvalue weighted by molar-refractivity contribution is 9.10. The van der Waals surface area contributed by atoms with Crippen molar-refractivity contribution in [3.8, 4) is 0 Å². The van der Waals surface area contributed by atoms with Crippen molar-refractivity contribution in [3.63, 3.8) is 0 Å². The van der Waals surface area contributed by atoms with E-state index < -0.39 is 11.5 Å². The first-order valence-electron chi connectivity index (χ1n) is 4.12. The van der Waals surface area contributed by atoms with Gasteiger partial charge in [0.1, 0.15) is 10.6 Å². The summed E-state index contributed by atoms with van der Waals surface area (Å²) in [7, 11) is 0. The fourth-order valence-corrected chi connectivity index (χ4v) is 2.55. The van der Waals surface area contributed by atoms with Crippen molar-refractivity contribution in [2.75, 3.05) is 6.26 Å². The molecule has 0 aliphatic heterocycles. The Kier molecular flexibility index (Phi) is 2.76. The lowest BCUT2D eigenvalue weighted by Gasteiger charge is -1.94. The second kappa shape index (κ2) is 3.95. The van der Waals surface area contributed by atoms with E-state index in [4.69, 9.17) is 5.11 Å². The molecule has 2 heterocycles. The van der Waals surface area contributed by atoms with Crippen LogP contribution in [0.3, 0.4) is 0 Å². The number of carboxylic acid groups (broad SMARTS) is 1. The molecule has 16 heavy (non-hydrogen) atoms. The summed E-state index contributed by atoms with van der Waals surface area (Å²) in [5.41, 5.74) is -0.614. The molecule has 84 valence electrons. The van der Waals surface area contributed by atoms with Gasteiger partial charge in [0.05, 0.1) is 4.47 Å². The second-order valence-corrected chi connectivity index (χ2v) is 4.51. The Morgan fingerprint density at radius 2 is 2.38 bits per heavy atom. The van der Waals surface area contributed by atoms with Crippen LogP contribution in [0.2, 0.25) is 0 Å². The van der Waals surface area contributed by atoms with Crippen LogP contribution in [0.1, 0.15) is 10.4 Å². The molecule has 8 heteroatoms. The van der Waals surface area contributed by atoms with Crippen LogP contribution in [0.15, 0.2) is 20.5 Å². The van der Waals surface area contributed by atoms with Crippen molar-refractivity contribution in [1.82, 2.24) is 14.6 Å². The Hall–Kier alpha value is -1.28.